The fourth-order valence-electron chi connectivity index (χ4n) is 2.56. The Bertz CT molecular complexity index is 886. The maximum Gasteiger partial charge on any atom is 0.293 e. The molecule has 2 N–H and O–H groups in total. The Hall–Kier alpha value is -2.39. The van der Waals surface area contributed by atoms with Crippen LogP contribution in [0.1, 0.15) is 39.9 Å². The minimum absolute atomic E-state index is 0.0658. The first-order chi connectivity index (χ1) is 12.5. The van der Waals surface area contributed by atoms with Gasteiger partial charge in [-0.05, 0) is 58.4 Å². The summed E-state index contributed by atoms with van der Waals surface area (Å²) in [5.74, 6) is 0.841. The number of nitro benzene ring substituents is 1. The molecule has 0 amide bonds. The highest BCUT2D eigenvalue weighted by molar-refractivity contribution is 7.89. The highest BCUT2D eigenvalue weighted by atomic mass is 32.2. The molecular formula is C18H25N3O5S. The van der Waals surface area contributed by atoms with Gasteiger partial charge < -0.3 is 9.73 Å². The normalized spacial score (nSPS) is 13.3. The largest absolute Gasteiger partial charge is 0.469 e. The Morgan fingerprint density at radius 1 is 1.26 bits per heavy atom. The van der Waals surface area contributed by atoms with Crippen LogP contribution in [0.25, 0.3) is 0 Å². The van der Waals surface area contributed by atoms with Crippen LogP contribution in [0.15, 0.2) is 45.9 Å². The molecule has 0 aliphatic carbocycles. The van der Waals surface area contributed by atoms with Gasteiger partial charge in [-0.1, -0.05) is 0 Å². The van der Waals surface area contributed by atoms with Crippen molar-refractivity contribution in [1.82, 2.24) is 4.72 Å². The van der Waals surface area contributed by atoms with Crippen molar-refractivity contribution in [2.45, 2.75) is 57.0 Å². The summed E-state index contributed by atoms with van der Waals surface area (Å²) in [6.07, 6.45) is 3.00. The summed E-state index contributed by atoms with van der Waals surface area (Å²) in [5, 5.41) is 14.5. The molecule has 1 atom stereocenters. The fourth-order valence-corrected chi connectivity index (χ4v) is 4.00. The van der Waals surface area contributed by atoms with Crippen LogP contribution >= 0.6 is 0 Å². The van der Waals surface area contributed by atoms with E-state index in [0.29, 0.717) is 12.8 Å². The first-order valence-corrected chi connectivity index (χ1v) is 10.1. The highest BCUT2D eigenvalue weighted by Crippen LogP contribution is 2.29. The molecule has 0 aliphatic heterocycles. The standard InChI is InChI=1S/C18H25N3O5S/c1-13(7-8-14-6-5-11-26-14)19-16-10-9-15(12-17(16)21(22)23)27(24,25)20-18(2,3)4/h5-6,9-13,19-20H,7-8H2,1-4H3. The molecule has 0 radical (unpaired) electrons. The number of nitro groups is 1. The Morgan fingerprint density at radius 2 is 1.96 bits per heavy atom. The first-order valence-electron chi connectivity index (χ1n) is 8.59. The molecule has 1 unspecified atom stereocenters. The number of furan rings is 1. The van der Waals surface area contributed by atoms with E-state index in [1.165, 1.54) is 12.1 Å². The number of benzene rings is 1. The van der Waals surface area contributed by atoms with Crippen molar-refractivity contribution in [1.29, 1.82) is 0 Å². The molecule has 9 heteroatoms. The number of aryl methyl sites for hydroxylation is 1. The van der Waals surface area contributed by atoms with Gasteiger partial charge in [0.05, 0.1) is 16.1 Å². The molecule has 8 nitrogen and oxygen atoms in total. The van der Waals surface area contributed by atoms with Crippen LogP contribution in [0.2, 0.25) is 0 Å². The van der Waals surface area contributed by atoms with Crippen LogP contribution in [-0.2, 0) is 16.4 Å². The number of hydrogen-bond donors (Lipinski definition) is 2. The summed E-state index contributed by atoms with van der Waals surface area (Å²) in [6.45, 7) is 7.01. The van der Waals surface area contributed by atoms with Crippen molar-refractivity contribution in [3.8, 4) is 0 Å². The van der Waals surface area contributed by atoms with Gasteiger partial charge in [-0.15, -0.1) is 0 Å². The number of nitrogens with one attached hydrogen (secondary N) is 2. The molecule has 2 aromatic rings. The fraction of sp³-hybridized carbons (Fsp3) is 0.444. The van der Waals surface area contributed by atoms with E-state index < -0.39 is 20.5 Å². The molecule has 1 aromatic heterocycles. The van der Waals surface area contributed by atoms with Crippen LogP contribution < -0.4 is 10.0 Å². The van der Waals surface area contributed by atoms with E-state index in [1.54, 1.807) is 27.0 Å². The molecular weight excluding hydrogens is 370 g/mol. The second kappa shape index (κ2) is 8.10. The van der Waals surface area contributed by atoms with E-state index in [9.17, 15) is 18.5 Å². The number of rotatable bonds is 8. The van der Waals surface area contributed by atoms with Gasteiger partial charge in [0, 0.05) is 24.1 Å². The highest BCUT2D eigenvalue weighted by Gasteiger charge is 2.25. The van der Waals surface area contributed by atoms with Gasteiger partial charge in [-0.3, -0.25) is 10.1 Å². The third kappa shape index (κ3) is 6.07. The third-order valence-electron chi connectivity index (χ3n) is 3.72. The zero-order valence-corrected chi connectivity index (χ0v) is 16.7. The van der Waals surface area contributed by atoms with E-state index in [4.69, 9.17) is 4.42 Å². The molecule has 0 saturated carbocycles. The number of nitrogens with zero attached hydrogens (tertiary/aromatic N) is 1. The van der Waals surface area contributed by atoms with E-state index in [0.717, 1.165) is 11.8 Å². The average Bonchev–Trinajstić information content (AvgIpc) is 3.04. The van der Waals surface area contributed by atoms with Crippen LogP contribution in [0, 0.1) is 10.1 Å². The predicted octanol–water partition coefficient (Wildman–Crippen LogP) is 3.70. The molecule has 0 spiro atoms. The lowest BCUT2D eigenvalue weighted by Gasteiger charge is -2.20. The van der Waals surface area contributed by atoms with Gasteiger partial charge in [-0.2, -0.15) is 0 Å². The molecule has 1 heterocycles. The Morgan fingerprint density at radius 3 is 2.52 bits per heavy atom. The van der Waals surface area contributed by atoms with Crippen LogP contribution in [0.3, 0.4) is 0 Å². The summed E-state index contributed by atoms with van der Waals surface area (Å²) in [4.78, 5) is 10.7. The molecule has 0 fully saturated rings. The monoisotopic (exact) mass is 395 g/mol. The second-order valence-electron chi connectivity index (χ2n) is 7.45. The second-order valence-corrected chi connectivity index (χ2v) is 9.14. The van der Waals surface area contributed by atoms with Crippen molar-refractivity contribution < 1.29 is 17.8 Å². The van der Waals surface area contributed by atoms with Crippen LogP contribution in [-0.4, -0.2) is 24.9 Å². The van der Waals surface area contributed by atoms with E-state index >= 15 is 0 Å². The van der Waals surface area contributed by atoms with Crippen molar-refractivity contribution in [3.05, 3.63) is 52.5 Å². The lowest BCUT2D eigenvalue weighted by atomic mass is 10.1. The molecule has 27 heavy (non-hydrogen) atoms. The van der Waals surface area contributed by atoms with Gasteiger partial charge in [0.15, 0.2) is 0 Å². The average molecular weight is 395 g/mol. The number of anilines is 1. The maximum atomic E-state index is 12.4. The summed E-state index contributed by atoms with van der Waals surface area (Å²) >= 11 is 0. The van der Waals surface area contributed by atoms with Gasteiger partial charge >= 0.3 is 0 Å². The summed E-state index contributed by atoms with van der Waals surface area (Å²) in [6, 6.07) is 7.49. The Balaban J connectivity index is 2.18. The van der Waals surface area contributed by atoms with Gasteiger partial charge in [0.25, 0.3) is 5.69 Å². The molecule has 1 aromatic carbocycles. The molecule has 0 bridgehead atoms. The Labute approximate surface area is 159 Å². The van der Waals surface area contributed by atoms with Gasteiger partial charge in [0.1, 0.15) is 11.4 Å². The Kier molecular flexibility index (Phi) is 6.27. The minimum Gasteiger partial charge on any atom is -0.469 e. The van der Waals surface area contributed by atoms with Crippen molar-refractivity contribution >= 4 is 21.4 Å². The maximum absolute atomic E-state index is 12.4. The van der Waals surface area contributed by atoms with Gasteiger partial charge in [-0.25, -0.2) is 13.1 Å². The zero-order valence-electron chi connectivity index (χ0n) is 15.9. The molecule has 148 valence electrons. The quantitative estimate of drug-likeness (QED) is 0.520. The smallest absolute Gasteiger partial charge is 0.293 e. The summed E-state index contributed by atoms with van der Waals surface area (Å²) in [7, 11) is -3.85. The number of sulfonamides is 1. The van der Waals surface area contributed by atoms with E-state index in [1.807, 2.05) is 19.1 Å². The van der Waals surface area contributed by atoms with Gasteiger partial charge in [0.2, 0.25) is 10.0 Å². The third-order valence-corrected chi connectivity index (χ3v) is 5.48. The van der Waals surface area contributed by atoms with E-state index in [-0.39, 0.29) is 22.3 Å². The lowest BCUT2D eigenvalue weighted by molar-refractivity contribution is -0.384. The number of hydrogen-bond acceptors (Lipinski definition) is 6. The summed E-state index contributed by atoms with van der Waals surface area (Å²) < 4.78 is 32.6. The molecule has 0 aliphatic rings. The van der Waals surface area contributed by atoms with E-state index in [2.05, 4.69) is 10.0 Å². The first kappa shape index (κ1) is 20.9. The minimum atomic E-state index is -3.85. The van der Waals surface area contributed by atoms with Crippen LogP contribution in [0.5, 0.6) is 0 Å². The SMILES string of the molecule is CC(CCc1ccco1)Nc1ccc(S(=O)(=O)NC(C)(C)C)cc1[N+](=O)[O-]. The molecule has 0 saturated heterocycles. The van der Waals surface area contributed by atoms with Crippen molar-refractivity contribution in [2.75, 3.05) is 5.32 Å². The molecule has 2 rings (SSSR count). The van der Waals surface area contributed by atoms with Crippen LogP contribution in [0.4, 0.5) is 11.4 Å². The predicted molar refractivity (Wildman–Crippen MR) is 103 cm³/mol. The summed E-state index contributed by atoms with van der Waals surface area (Å²) in [5.41, 5.74) is -0.691. The van der Waals surface area contributed by atoms with Crippen molar-refractivity contribution in [3.63, 3.8) is 0 Å². The lowest BCUT2D eigenvalue weighted by Crippen LogP contribution is -2.40. The zero-order chi connectivity index (χ0) is 20.2. The topological polar surface area (TPSA) is 114 Å². The van der Waals surface area contributed by atoms with Crippen molar-refractivity contribution in [2.24, 2.45) is 0 Å².